The number of para-hydroxylation sites is 1. The van der Waals surface area contributed by atoms with Crippen LogP contribution in [-0.4, -0.2) is 64.6 Å². The third-order valence-electron chi connectivity index (χ3n) is 6.15. The summed E-state index contributed by atoms with van der Waals surface area (Å²) in [4.78, 5) is 25.8. The van der Waals surface area contributed by atoms with Crippen molar-refractivity contribution in [3.8, 4) is 22.4 Å². The van der Waals surface area contributed by atoms with Crippen molar-refractivity contribution in [2.75, 3.05) is 24.6 Å². The molecule has 0 atom stereocenters. The van der Waals surface area contributed by atoms with Crippen molar-refractivity contribution in [1.29, 1.82) is 0 Å². The van der Waals surface area contributed by atoms with Crippen LogP contribution in [0.2, 0.25) is 0 Å². The Morgan fingerprint density at radius 1 is 0.972 bits per heavy atom. The molecule has 4 aromatic rings. The Morgan fingerprint density at radius 2 is 1.69 bits per heavy atom. The van der Waals surface area contributed by atoms with Gasteiger partial charge in [0.1, 0.15) is 17.3 Å². The van der Waals surface area contributed by atoms with Crippen molar-refractivity contribution in [1.82, 2.24) is 19.9 Å². The maximum absolute atomic E-state index is 15.1. The maximum Gasteiger partial charge on any atom is 0.354 e. The molecule has 186 valence electrons. The van der Waals surface area contributed by atoms with Crippen LogP contribution in [0.5, 0.6) is 0 Å². The van der Waals surface area contributed by atoms with Crippen LogP contribution in [0.3, 0.4) is 0 Å². The summed E-state index contributed by atoms with van der Waals surface area (Å²) in [6.45, 7) is 0.742. The maximum atomic E-state index is 15.1. The topological polar surface area (TPSA) is 120 Å². The van der Waals surface area contributed by atoms with Gasteiger partial charge in [-0.3, -0.25) is 19.0 Å². The number of hydrogen-bond donors (Lipinski definition) is 3. The summed E-state index contributed by atoms with van der Waals surface area (Å²) in [5, 5.41) is 9.05. The van der Waals surface area contributed by atoms with E-state index in [1.54, 1.807) is 29.2 Å². The van der Waals surface area contributed by atoms with E-state index in [1.807, 2.05) is 0 Å². The van der Waals surface area contributed by atoms with E-state index in [2.05, 4.69) is 15.0 Å². The zero-order valence-electron chi connectivity index (χ0n) is 18.9. The highest BCUT2D eigenvalue weighted by molar-refractivity contribution is 8.24. The molecule has 36 heavy (non-hydrogen) atoms. The first-order valence-electron chi connectivity index (χ1n) is 11.1. The van der Waals surface area contributed by atoms with E-state index >= 15 is 8.78 Å². The molecule has 2 aromatic heterocycles. The number of pyridine rings is 1. The molecule has 1 aliphatic rings. The first-order chi connectivity index (χ1) is 17.2. The Hall–Kier alpha value is -3.51. The monoisotopic (exact) mass is 512 g/mol. The van der Waals surface area contributed by atoms with Gasteiger partial charge >= 0.3 is 5.97 Å². The molecular weight excluding hydrogens is 490 g/mol. The molecular formula is C25H22F2N4O4S. The molecule has 2 aromatic carbocycles. The Balaban J connectivity index is 1.48. The Morgan fingerprint density at radius 3 is 2.33 bits per heavy atom. The minimum atomic E-state index is -2.59. The van der Waals surface area contributed by atoms with Crippen molar-refractivity contribution < 1.29 is 27.8 Å². The third kappa shape index (κ3) is 4.91. The minimum absolute atomic E-state index is 0.0340. The first-order valence-corrected chi connectivity index (χ1v) is 13.0. The molecule has 0 amide bonds. The van der Waals surface area contributed by atoms with E-state index in [9.17, 15) is 13.9 Å². The second kappa shape index (κ2) is 9.51. The Labute approximate surface area is 206 Å². The number of carboxylic acids is 1. The van der Waals surface area contributed by atoms with Crippen molar-refractivity contribution in [3.63, 3.8) is 0 Å². The van der Waals surface area contributed by atoms with Gasteiger partial charge in [-0.15, -0.1) is 0 Å². The second-order valence-electron chi connectivity index (χ2n) is 8.57. The van der Waals surface area contributed by atoms with Crippen LogP contribution in [0, 0.1) is 11.6 Å². The largest absolute Gasteiger partial charge is 0.477 e. The minimum Gasteiger partial charge on any atom is -0.477 e. The lowest BCUT2D eigenvalue weighted by molar-refractivity contribution is 0.0690. The normalized spacial score (nSPS) is 16.7. The molecule has 0 bridgehead atoms. The number of carboxylic acid groups (broad SMARTS) is 1. The van der Waals surface area contributed by atoms with Gasteiger partial charge in [-0.1, -0.05) is 12.1 Å². The molecule has 3 N–H and O–H groups in total. The lowest BCUT2D eigenvalue weighted by Gasteiger charge is -2.41. The number of nitrogens with zero attached hydrogens (tertiary/aromatic N) is 4. The van der Waals surface area contributed by atoms with Crippen LogP contribution >= 0.6 is 10.6 Å². The summed E-state index contributed by atoms with van der Waals surface area (Å²) < 4.78 is 49.7. The summed E-state index contributed by atoms with van der Waals surface area (Å²) >= 11 is 0. The van der Waals surface area contributed by atoms with Crippen molar-refractivity contribution >= 4 is 27.6 Å². The molecule has 5 rings (SSSR count). The van der Waals surface area contributed by atoms with Crippen LogP contribution in [0.25, 0.3) is 33.4 Å². The van der Waals surface area contributed by atoms with Gasteiger partial charge in [0, 0.05) is 42.5 Å². The van der Waals surface area contributed by atoms with Gasteiger partial charge in [0.25, 0.3) is 0 Å². The van der Waals surface area contributed by atoms with Crippen molar-refractivity contribution in [2.45, 2.75) is 6.54 Å². The van der Waals surface area contributed by atoms with Gasteiger partial charge < -0.3 is 5.11 Å². The zero-order valence-corrected chi connectivity index (χ0v) is 19.8. The third-order valence-corrected chi connectivity index (χ3v) is 7.83. The molecule has 8 nitrogen and oxygen atoms in total. The van der Waals surface area contributed by atoms with E-state index in [4.69, 9.17) is 5.11 Å². The molecule has 0 spiro atoms. The lowest BCUT2D eigenvalue weighted by Crippen LogP contribution is -2.38. The van der Waals surface area contributed by atoms with Gasteiger partial charge in [0.2, 0.25) is 0 Å². The zero-order chi connectivity index (χ0) is 25.4. The second-order valence-corrected chi connectivity index (χ2v) is 11.0. The molecule has 0 saturated carbocycles. The van der Waals surface area contributed by atoms with Crippen LogP contribution in [0.4, 0.5) is 8.78 Å². The number of halogens is 2. The molecule has 1 aliphatic heterocycles. The molecule has 11 heteroatoms. The lowest BCUT2D eigenvalue weighted by atomic mass is 10.0. The fraction of sp³-hybridized carbons (Fsp3) is 0.200. The smallest absolute Gasteiger partial charge is 0.354 e. The summed E-state index contributed by atoms with van der Waals surface area (Å²) in [5.74, 6) is -2.15. The van der Waals surface area contributed by atoms with Gasteiger partial charge in [0.15, 0.2) is 0 Å². The average molecular weight is 513 g/mol. The van der Waals surface area contributed by atoms with Crippen LogP contribution in [-0.2, 0) is 6.54 Å². The molecule has 1 saturated heterocycles. The predicted octanol–water partition coefficient (Wildman–Crippen LogP) is 4.90. The quantitative estimate of drug-likeness (QED) is 0.345. The highest BCUT2D eigenvalue weighted by atomic mass is 32.3. The Bertz CT molecular complexity index is 1430. The van der Waals surface area contributed by atoms with Crippen LogP contribution in [0.1, 0.15) is 16.1 Å². The van der Waals surface area contributed by atoms with E-state index < -0.39 is 28.2 Å². The number of hydrogen-bond acceptors (Lipinski definition) is 7. The fourth-order valence-electron chi connectivity index (χ4n) is 4.13. The molecule has 1 fully saturated rings. The number of fused-ring (bicyclic) bond motifs is 1. The first kappa shape index (κ1) is 24.2. The summed E-state index contributed by atoms with van der Waals surface area (Å²) in [6, 6.07) is 10.6. The van der Waals surface area contributed by atoms with Gasteiger partial charge in [0.05, 0.1) is 34.4 Å². The SMILES string of the molecule is O=C(O)c1ccc(-c2cnc3cccc(-c4cc(F)c(CN5CCS(O)(O)CC5)c(F)c4)c3n2)cn1. The molecule has 0 unspecified atom stereocenters. The van der Waals surface area contributed by atoms with Gasteiger partial charge in [-0.05, 0) is 35.9 Å². The van der Waals surface area contributed by atoms with E-state index in [0.29, 0.717) is 46.5 Å². The van der Waals surface area contributed by atoms with E-state index in [1.165, 1.54) is 30.6 Å². The number of rotatable bonds is 5. The summed E-state index contributed by atoms with van der Waals surface area (Å²) in [5.41, 5.74) is 2.58. The number of aromatic nitrogens is 3. The molecule has 3 heterocycles. The highest BCUT2D eigenvalue weighted by Crippen LogP contribution is 2.40. The standard InChI is InChI=1S/C25H22F2N4O4S/c26-19-10-16(11-20(27)18(19)14-31-6-8-36(34,35)9-7-31)17-2-1-3-21-24(17)30-23(13-29-21)15-4-5-22(25(32)33)28-12-15/h1-5,10-13,34-35H,6-9,14H2,(H,32,33). The van der Waals surface area contributed by atoms with Crippen LogP contribution in [0.15, 0.2) is 54.9 Å². The summed E-state index contributed by atoms with van der Waals surface area (Å²) in [6.07, 6.45) is 2.91. The van der Waals surface area contributed by atoms with Crippen LogP contribution < -0.4 is 0 Å². The predicted molar refractivity (Wildman–Crippen MR) is 133 cm³/mol. The Kier molecular flexibility index (Phi) is 6.39. The average Bonchev–Trinajstić information content (AvgIpc) is 2.86. The summed E-state index contributed by atoms with van der Waals surface area (Å²) in [7, 11) is -2.59. The molecule has 0 radical (unpaired) electrons. The van der Waals surface area contributed by atoms with E-state index in [0.717, 1.165) is 0 Å². The number of aromatic carboxylic acids is 1. The number of benzene rings is 2. The number of carbonyl (C=O) groups is 1. The highest BCUT2D eigenvalue weighted by Gasteiger charge is 2.24. The van der Waals surface area contributed by atoms with Crippen molar-refractivity contribution in [2.24, 2.45) is 0 Å². The van der Waals surface area contributed by atoms with Gasteiger partial charge in [-0.25, -0.2) is 23.5 Å². The fourth-order valence-corrected chi connectivity index (χ4v) is 5.44. The van der Waals surface area contributed by atoms with Gasteiger partial charge in [-0.2, -0.15) is 10.6 Å². The van der Waals surface area contributed by atoms with Crippen molar-refractivity contribution in [3.05, 3.63) is 77.8 Å². The molecule has 0 aliphatic carbocycles. The van der Waals surface area contributed by atoms with E-state index in [-0.39, 0.29) is 29.3 Å².